The lowest BCUT2D eigenvalue weighted by Gasteiger charge is -1.91. The average Bonchev–Trinajstić information content (AvgIpc) is 1.88. The molecule has 9 heavy (non-hydrogen) atoms. The van der Waals surface area contributed by atoms with Crippen LogP contribution in [0.15, 0.2) is 24.3 Å². The van der Waals surface area contributed by atoms with Gasteiger partial charge in [-0.15, -0.1) is 0 Å². The summed E-state index contributed by atoms with van der Waals surface area (Å²) in [5.74, 6) is 0.238. The first kappa shape index (κ1) is 6.39. The molecule has 1 radical (unpaired) electrons. The van der Waals surface area contributed by atoms with Crippen molar-refractivity contribution in [1.29, 1.82) is 0 Å². The van der Waals surface area contributed by atoms with E-state index in [9.17, 15) is 5.26 Å². The molecule has 1 aromatic carbocycles. The van der Waals surface area contributed by atoms with Crippen LogP contribution in [0, 0.1) is 0 Å². The highest BCUT2D eigenvalue weighted by Crippen LogP contribution is 2.15. The smallest absolute Gasteiger partial charge is 0.170 e. The van der Waals surface area contributed by atoms with Crippen molar-refractivity contribution < 1.29 is 10.1 Å². The monoisotopic (exact) mass is 143 g/mol. The van der Waals surface area contributed by atoms with Crippen LogP contribution in [0.1, 0.15) is 0 Å². The molecule has 0 heterocycles. The topological polar surface area (TPSA) is 29.1 Å². The molecule has 0 aromatic heterocycles. The Hall–Kier alpha value is -0.730. The molecule has 0 aliphatic rings. The molecule has 0 spiro atoms. The summed E-state index contributed by atoms with van der Waals surface area (Å²) >= 11 is 5.50. The predicted molar refractivity (Wildman–Crippen MR) is 32.8 cm³/mol. The Balaban J connectivity index is 2.94. The zero-order valence-corrected chi connectivity index (χ0v) is 5.26. The highest BCUT2D eigenvalue weighted by molar-refractivity contribution is 6.30. The van der Waals surface area contributed by atoms with Gasteiger partial charge in [0.05, 0.1) is 0 Å². The van der Waals surface area contributed by atoms with Crippen molar-refractivity contribution >= 4 is 11.6 Å². The van der Waals surface area contributed by atoms with Gasteiger partial charge in [0, 0.05) is 16.3 Å². The van der Waals surface area contributed by atoms with Gasteiger partial charge >= 0.3 is 0 Å². The van der Waals surface area contributed by atoms with Crippen molar-refractivity contribution in [3.05, 3.63) is 29.3 Å². The summed E-state index contributed by atoms with van der Waals surface area (Å²) in [4.78, 5) is 3.66. The molecule has 0 aliphatic carbocycles. The molecule has 2 nitrogen and oxygen atoms in total. The Morgan fingerprint density at radius 1 is 1.44 bits per heavy atom. The van der Waals surface area contributed by atoms with Crippen LogP contribution in [0.3, 0.4) is 0 Å². The lowest BCUT2D eigenvalue weighted by atomic mass is 10.3. The Bertz CT molecular complexity index is 200. The van der Waals surface area contributed by atoms with Crippen LogP contribution in [0.4, 0.5) is 0 Å². The molecule has 0 unspecified atom stereocenters. The first-order valence-electron chi connectivity index (χ1n) is 2.38. The van der Waals surface area contributed by atoms with E-state index in [0.717, 1.165) is 0 Å². The quantitative estimate of drug-likeness (QED) is 0.437. The van der Waals surface area contributed by atoms with Crippen LogP contribution in [-0.2, 0) is 5.26 Å². The highest BCUT2D eigenvalue weighted by Gasteiger charge is 1.91. The molecule has 0 saturated carbocycles. The second-order valence-electron chi connectivity index (χ2n) is 1.54. The van der Waals surface area contributed by atoms with Crippen molar-refractivity contribution in [3.8, 4) is 5.75 Å². The maximum Gasteiger partial charge on any atom is 0.170 e. The predicted octanol–water partition coefficient (Wildman–Crippen LogP) is 2.06. The van der Waals surface area contributed by atoms with Gasteiger partial charge < -0.3 is 4.89 Å². The molecule has 3 heteroatoms. The second kappa shape index (κ2) is 2.71. The molecule has 0 bridgehead atoms. The second-order valence-corrected chi connectivity index (χ2v) is 1.98. The fraction of sp³-hybridized carbons (Fsp3) is 0. The molecular formula is C6H4ClO2. The van der Waals surface area contributed by atoms with Crippen LogP contribution >= 0.6 is 11.6 Å². The highest BCUT2D eigenvalue weighted by atomic mass is 35.5. The van der Waals surface area contributed by atoms with E-state index in [1.165, 1.54) is 6.07 Å². The van der Waals surface area contributed by atoms with E-state index in [4.69, 9.17) is 11.6 Å². The third-order valence-electron chi connectivity index (χ3n) is 0.892. The first-order chi connectivity index (χ1) is 4.33. The Morgan fingerprint density at radius 3 is 2.67 bits per heavy atom. The molecule has 47 valence electrons. The van der Waals surface area contributed by atoms with Crippen molar-refractivity contribution in [2.75, 3.05) is 0 Å². The fourth-order valence-corrected chi connectivity index (χ4v) is 0.699. The zero-order chi connectivity index (χ0) is 6.69. The molecule has 0 aliphatic heterocycles. The van der Waals surface area contributed by atoms with E-state index in [1.54, 1.807) is 18.2 Å². The summed E-state index contributed by atoms with van der Waals surface area (Å²) in [5.41, 5.74) is 0. The van der Waals surface area contributed by atoms with Crippen molar-refractivity contribution in [1.82, 2.24) is 0 Å². The van der Waals surface area contributed by atoms with E-state index >= 15 is 0 Å². The molecule has 0 atom stereocenters. The van der Waals surface area contributed by atoms with Crippen LogP contribution in [0.5, 0.6) is 5.75 Å². The van der Waals surface area contributed by atoms with Gasteiger partial charge in [-0.1, -0.05) is 17.7 Å². The van der Waals surface area contributed by atoms with Crippen LogP contribution in [0.2, 0.25) is 5.02 Å². The number of rotatable bonds is 1. The van der Waals surface area contributed by atoms with Gasteiger partial charge in [0.25, 0.3) is 0 Å². The lowest BCUT2D eigenvalue weighted by Crippen LogP contribution is -1.78. The van der Waals surface area contributed by atoms with E-state index in [1.807, 2.05) is 0 Å². The normalized spacial score (nSPS) is 9.11. The summed E-state index contributed by atoms with van der Waals surface area (Å²) in [6.45, 7) is 0. The van der Waals surface area contributed by atoms with Crippen LogP contribution < -0.4 is 4.89 Å². The number of halogens is 1. The van der Waals surface area contributed by atoms with E-state index in [-0.39, 0.29) is 5.75 Å². The summed E-state index contributed by atoms with van der Waals surface area (Å²) in [6.07, 6.45) is 0. The molecule has 1 aromatic rings. The first-order valence-corrected chi connectivity index (χ1v) is 2.76. The van der Waals surface area contributed by atoms with Crippen molar-refractivity contribution in [3.63, 3.8) is 0 Å². The number of hydrogen-bond donors (Lipinski definition) is 0. The third-order valence-corrected chi connectivity index (χ3v) is 1.13. The van der Waals surface area contributed by atoms with Gasteiger partial charge in [-0.25, -0.2) is 0 Å². The molecular weight excluding hydrogens is 140 g/mol. The number of benzene rings is 1. The maximum absolute atomic E-state index is 9.73. The van der Waals surface area contributed by atoms with Crippen LogP contribution in [0.25, 0.3) is 0 Å². The Kier molecular flexibility index (Phi) is 1.92. The molecule has 1 rings (SSSR count). The van der Waals surface area contributed by atoms with Gasteiger partial charge in [0.1, 0.15) is 0 Å². The third kappa shape index (κ3) is 1.59. The van der Waals surface area contributed by atoms with E-state index < -0.39 is 0 Å². The molecule has 0 amide bonds. The minimum absolute atomic E-state index is 0.238. The standard InChI is InChI=1S/C6H4ClO2/c7-5-2-1-3-6(4-5)9-8/h1-4H. The van der Waals surface area contributed by atoms with E-state index in [2.05, 4.69) is 4.89 Å². The summed E-state index contributed by atoms with van der Waals surface area (Å²) < 4.78 is 0. The zero-order valence-electron chi connectivity index (χ0n) is 4.50. The largest absolute Gasteiger partial charge is 0.305 e. The van der Waals surface area contributed by atoms with E-state index in [0.29, 0.717) is 5.02 Å². The van der Waals surface area contributed by atoms with Gasteiger partial charge in [-0.2, -0.15) is 0 Å². The Morgan fingerprint density at radius 2 is 2.22 bits per heavy atom. The summed E-state index contributed by atoms with van der Waals surface area (Å²) in [7, 11) is 0. The molecule has 0 N–H and O–H groups in total. The van der Waals surface area contributed by atoms with Crippen molar-refractivity contribution in [2.24, 2.45) is 0 Å². The molecule has 0 saturated heterocycles. The minimum atomic E-state index is 0.238. The average molecular weight is 144 g/mol. The maximum atomic E-state index is 9.73. The Labute approximate surface area is 57.6 Å². The van der Waals surface area contributed by atoms with Gasteiger partial charge in [0.2, 0.25) is 0 Å². The molecule has 0 fully saturated rings. The van der Waals surface area contributed by atoms with Gasteiger partial charge in [-0.3, -0.25) is 0 Å². The number of hydrogen-bond acceptors (Lipinski definition) is 1. The summed E-state index contributed by atoms with van der Waals surface area (Å²) in [6, 6.07) is 6.31. The fourth-order valence-electron chi connectivity index (χ4n) is 0.519. The van der Waals surface area contributed by atoms with Gasteiger partial charge in [-0.05, 0) is 12.1 Å². The minimum Gasteiger partial charge on any atom is -0.305 e. The lowest BCUT2D eigenvalue weighted by molar-refractivity contribution is -0.208. The van der Waals surface area contributed by atoms with Crippen molar-refractivity contribution in [2.45, 2.75) is 0 Å². The van der Waals surface area contributed by atoms with Crippen LogP contribution in [-0.4, -0.2) is 0 Å². The summed E-state index contributed by atoms with van der Waals surface area (Å²) in [5, 5.41) is 10.2. The SMILES string of the molecule is [O]Oc1cccc(Cl)c1. The van der Waals surface area contributed by atoms with Gasteiger partial charge in [0.15, 0.2) is 5.75 Å².